The van der Waals surface area contributed by atoms with Gasteiger partial charge < -0.3 is 10.0 Å². The van der Waals surface area contributed by atoms with Crippen LogP contribution in [0.5, 0.6) is 0 Å². The molecule has 0 spiro atoms. The number of carboxylic acids is 1. The summed E-state index contributed by atoms with van der Waals surface area (Å²) in [6.07, 6.45) is 16.4. The van der Waals surface area contributed by atoms with E-state index in [1.807, 2.05) is 13.8 Å². The molecule has 0 aliphatic carbocycles. The molecule has 0 bridgehead atoms. The summed E-state index contributed by atoms with van der Waals surface area (Å²) in [5.74, 6) is -0.960. The molecule has 4 nitrogen and oxygen atoms in total. The van der Waals surface area contributed by atoms with Gasteiger partial charge in [0.1, 0.15) is 6.04 Å². The Morgan fingerprint density at radius 2 is 1.23 bits per heavy atom. The lowest BCUT2D eigenvalue weighted by Crippen LogP contribution is -2.46. The van der Waals surface area contributed by atoms with Gasteiger partial charge in [-0.3, -0.25) is 4.79 Å². The summed E-state index contributed by atoms with van der Waals surface area (Å²) in [4.78, 5) is 25.1. The topological polar surface area (TPSA) is 57.6 Å². The van der Waals surface area contributed by atoms with Crippen LogP contribution in [0.25, 0.3) is 0 Å². The fraction of sp³-hybridized carbons (Fsp3) is 0.909. The minimum atomic E-state index is -0.898. The number of carbonyl (C=O) groups is 2. The number of carboxylic acid groups (broad SMARTS) is 1. The van der Waals surface area contributed by atoms with Crippen molar-refractivity contribution in [2.24, 2.45) is 5.92 Å². The van der Waals surface area contributed by atoms with Crippen LogP contribution in [0, 0.1) is 5.92 Å². The summed E-state index contributed by atoms with van der Waals surface area (Å²) in [7, 11) is 1.63. The molecule has 154 valence electrons. The number of hydrogen-bond donors (Lipinski definition) is 1. The molecular formula is C22H43NO3. The van der Waals surface area contributed by atoms with Gasteiger partial charge in [-0.25, -0.2) is 4.79 Å². The molecular weight excluding hydrogens is 326 g/mol. The third-order valence-corrected chi connectivity index (χ3v) is 5.49. The fourth-order valence-electron chi connectivity index (χ4n) is 3.46. The Balaban J connectivity index is 3.71. The van der Waals surface area contributed by atoms with Crippen molar-refractivity contribution in [3.05, 3.63) is 0 Å². The maximum Gasteiger partial charge on any atom is 0.326 e. The Kier molecular flexibility index (Phi) is 15.5. The number of hydrogen-bond acceptors (Lipinski definition) is 2. The number of carbonyl (C=O) groups excluding carboxylic acids is 1. The van der Waals surface area contributed by atoms with Crippen molar-refractivity contribution in [1.82, 2.24) is 4.90 Å². The van der Waals surface area contributed by atoms with Gasteiger partial charge in [-0.15, -0.1) is 0 Å². The summed E-state index contributed by atoms with van der Waals surface area (Å²) >= 11 is 0. The number of aliphatic carboxylic acids is 1. The highest BCUT2D eigenvalue weighted by molar-refractivity contribution is 5.83. The fourth-order valence-corrected chi connectivity index (χ4v) is 3.46. The minimum absolute atomic E-state index is 0.0246. The maximum atomic E-state index is 12.3. The van der Waals surface area contributed by atoms with E-state index >= 15 is 0 Å². The molecule has 0 unspecified atom stereocenters. The Labute approximate surface area is 161 Å². The van der Waals surface area contributed by atoms with Crippen molar-refractivity contribution in [2.75, 3.05) is 7.05 Å². The van der Waals surface area contributed by atoms with Crippen molar-refractivity contribution in [2.45, 2.75) is 117 Å². The van der Waals surface area contributed by atoms with Crippen LogP contribution in [-0.2, 0) is 9.59 Å². The maximum absolute atomic E-state index is 12.3. The number of unbranched alkanes of at least 4 members (excludes halogenated alkanes) is 11. The highest BCUT2D eigenvalue weighted by atomic mass is 16.4. The second kappa shape index (κ2) is 16.1. The summed E-state index contributed by atoms with van der Waals surface area (Å²) in [6, 6.07) is -0.704. The first-order valence-electron chi connectivity index (χ1n) is 10.9. The molecule has 0 heterocycles. The van der Waals surface area contributed by atoms with Crippen molar-refractivity contribution < 1.29 is 14.7 Å². The number of rotatable bonds is 17. The zero-order valence-electron chi connectivity index (χ0n) is 17.8. The molecule has 0 rings (SSSR count). The smallest absolute Gasteiger partial charge is 0.326 e. The van der Waals surface area contributed by atoms with Gasteiger partial charge in [-0.2, -0.15) is 0 Å². The van der Waals surface area contributed by atoms with Crippen LogP contribution in [0.15, 0.2) is 0 Å². The van der Waals surface area contributed by atoms with Crippen molar-refractivity contribution in [3.8, 4) is 0 Å². The molecule has 0 aromatic heterocycles. The molecule has 0 saturated carbocycles. The predicted molar refractivity (Wildman–Crippen MR) is 109 cm³/mol. The van der Waals surface area contributed by atoms with Crippen molar-refractivity contribution in [1.29, 1.82) is 0 Å². The standard InChI is InChI=1S/C22H43NO3/c1-5-7-8-9-10-11-12-13-14-15-16-17-18-20(24)23(4)21(22(25)26)19(3)6-2/h19,21H,5-18H2,1-4H3,(H,25,26)/t19-,21-/m0/s1. The van der Waals surface area contributed by atoms with E-state index < -0.39 is 12.0 Å². The van der Waals surface area contributed by atoms with Gasteiger partial charge in [0, 0.05) is 13.5 Å². The molecule has 0 fully saturated rings. The van der Waals surface area contributed by atoms with E-state index in [0.717, 1.165) is 19.3 Å². The van der Waals surface area contributed by atoms with E-state index in [1.165, 1.54) is 69.1 Å². The van der Waals surface area contributed by atoms with E-state index in [0.29, 0.717) is 6.42 Å². The Hall–Kier alpha value is -1.06. The van der Waals surface area contributed by atoms with E-state index in [4.69, 9.17) is 0 Å². The highest BCUT2D eigenvalue weighted by Crippen LogP contribution is 2.17. The van der Waals surface area contributed by atoms with Gasteiger partial charge in [0.15, 0.2) is 0 Å². The van der Waals surface area contributed by atoms with Crippen LogP contribution < -0.4 is 0 Å². The molecule has 0 aromatic carbocycles. The molecule has 4 heteroatoms. The van der Waals surface area contributed by atoms with E-state index in [2.05, 4.69) is 6.92 Å². The van der Waals surface area contributed by atoms with Crippen LogP contribution in [0.1, 0.15) is 111 Å². The van der Waals surface area contributed by atoms with Gasteiger partial charge in [-0.05, 0) is 12.3 Å². The van der Waals surface area contributed by atoms with Crippen LogP contribution in [0.3, 0.4) is 0 Å². The van der Waals surface area contributed by atoms with Gasteiger partial charge >= 0.3 is 5.97 Å². The molecule has 26 heavy (non-hydrogen) atoms. The Morgan fingerprint density at radius 3 is 1.62 bits per heavy atom. The molecule has 0 saturated heterocycles. The number of likely N-dealkylation sites (N-methyl/N-ethyl adjacent to an activating group) is 1. The summed E-state index contributed by atoms with van der Waals surface area (Å²) in [5, 5.41) is 9.37. The lowest BCUT2D eigenvalue weighted by atomic mass is 9.97. The molecule has 0 aliphatic rings. The normalized spacial score (nSPS) is 13.4. The quantitative estimate of drug-likeness (QED) is 0.318. The van der Waals surface area contributed by atoms with Crippen LogP contribution in [0.2, 0.25) is 0 Å². The summed E-state index contributed by atoms with van der Waals surface area (Å²) in [6.45, 7) is 6.11. The summed E-state index contributed by atoms with van der Waals surface area (Å²) in [5.41, 5.74) is 0. The van der Waals surface area contributed by atoms with E-state index in [9.17, 15) is 14.7 Å². The third kappa shape index (κ3) is 11.5. The monoisotopic (exact) mass is 369 g/mol. The van der Waals surface area contributed by atoms with Crippen LogP contribution in [0.4, 0.5) is 0 Å². The number of nitrogens with zero attached hydrogens (tertiary/aromatic N) is 1. The minimum Gasteiger partial charge on any atom is -0.480 e. The first-order valence-corrected chi connectivity index (χ1v) is 10.9. The molecule has 1 amide bonds. The van der Waals surface area contributed by atoms with E-state index in [-0.39, 0.29) is 11.8 Å². The molecule has 0 radical (unpaired) electrons. The average Bonchev–Trinajstić information content (AvgIpc) is 2.61. The first kappa shape index (κ1) is 24.9. The van der Waals surface area contributed by atoms with Gasteiger partial charge in [0.05, 0.1) is 0 Å². The van der Waals surface area contributed by atoms with Gasteiger partial charge in [0.2, 0.25) is 5.91 Å². The van der Waals surface area contributed by atoms with Gasteiger partial charge in [0.25, 0.3) is 0 Å². The van der Waals surface area contributed by atoms with Gasteiger partial charge in [-0.1, -0.05) is 97.8 Å². The lowest BCUT2D eigenvalue weighted by Gasteiger charge is -2.29. The average molecular weight is 370 g/mol. The number of amides is 1. The lowest BCUT2D eigenvalue weighted by molar-refractivity contribution is -0.151. The SMILES string of the molecule is CCCCCCCCCCCCCCC(=O)N(C)[C@H](C(=O)O)[C@@H](C)CC. The molecule has 1 N–H and O–H groups in total. The zero-order valence-corrected chi connectivity index (χ0v) is 17.8. The predicted octanol–water partition coefficient (Wildman–Crippen LogP) is 6.04. The van der Waals surface area contributed by atoms with E-state index in [1.54, 1.807) is 7.05 Å². The highest BCUT2D eigenvalue weighted by Gasteiger charge is 2.30. The molecule has 2 atom stereocenters. The molecule has 0 aromatic rings. The zero-order chi connectivity index (χ0) is 19.8. The van der Waals surface area contributed by atoms with Crippen molar-refractivity contribution in [3.63, 3.8) is 0 Å². The Bertz CT molecular complexity index is 370. The third-order valence-electron chi connectivity index (χ3n) is 5.49. The van der Waals surface area contributed by atoms with Crippen molar-refractivity contribution >= 4 is 11.9 Å². The largest absolute Gasteiger partial charge is 0.480 e. The summed E-state index contributed by atoms with van der Waals surface area (Å²) < 4.78 is 0. The molecule has 0 aliphatic heterocycles. The first-order chi connectivity index (χ1) is 12.5. The second-order valence-electron chi connectivity index (χ2n) is 7.81. The Morgan fingerprint density at radius 1 is 0.808 bits per heavy atom. The second-order valence-corrected chi connectivity index (χ2v) is 7.81. The van der Waals surface area contributed by atoms with Crippen LogP contribution in [-0.4, -0.2) is 35.0 Å². The van der Waals surface area contributed by atoms with Crippen LogP contribution >= 0.6 is 0 Å².